The highest BCUT2D eigenvalue weighted by Crippen LogP contribution is 2.45. The van der Waals surface area contributed by atoms with Crippen LogP contribution in [0, 0.1) is 6.92 Å². The van der Waals surface area contributed by atoms with Crippen LogP contribution in [0.15, 0.2) is 96.0 Å². The SMILES string of the molecule is COc1ccc(C2=N[C@@H](c3ccc(C)cc3)[C@@H](c3ccc(Cl)cc3)N2C(=O)N2CCN(CCNC(=O)c3ccc(B(O)O)cc3)CC2)c(OC(C)C)c1. The largest absolute Gasteiger partial charge is 0.497 e. The second-order valence-corrected chi connectivity index (χ2v) is 14.0. The van der Waals surface area contributed by atoms with E-state index in [4.69, 9.17) is 26.1 Å². The maximum absolute atomic E-state index is 14.9. The van der Waals surface area contributed by atoms with Gasteiger partial charge in [-0.15, -0.1) is 0 Å². The number of urea groups is 1. The fourth-order valence-electron chi connectivity index (χ4n) is 6.68. The van der Waals surface area contributed by atoms with Crippen molar-refractivity contribution in [3.63, 3.8) is 0 Å². The number of nitrogens with zero attached hydrogens (tertiary/aromatic N) is 4. The predicted octanol–water partition coefficient (Wildman–Crippen LogP) is 4.84. The molecule has 4 aromatic carbocycles. The van der Waals surface area contributed by atoms with Crippen molar-refractivity contribution in [3.05, 3.63) is 124 Å². The Hall–Kier alpha value is -4.88. The molecule has 3 N–H and O–H groups in total. The molecule has 0 bridgehead atoms. The summed E-state index contributed by atoms with van der Waals surface area (Å²) in [4.78, 5) is 38.9. The minimum Gasteiger partial charge on any atom is -0.497 e. The summed E-state index contributed by atoms with van der Waals surface area (Å²) in [5, 5.41) is 22.2. The van der Waals surface area contributed by atoms with E-state index < -0.39 is 19.2 Å². The lowest BCUT2D eigenvalue weighted by molar-refractivity contribution is 0.0938. The van der Waals surface area contributed by atoms with E-state index in [9.17, 15) is 19.6 Å². The number of carbonyl (C=O) groups is 2. The first-order chi connectivity index (χ1) is 25.5. The lowest BCUT2D eigenvalue weighted by Crippen LogP contribution is -2.54. The number of aliphatic imine (C=N–C) groups is 1. The molecule has 0 unspecified atom stereocenters. The van der Waals surface area contributed by atoms with E-state index in [0.29, 0.717) is 78.2 Å². The van der Waals surface area contributed by atoms with Crippen LogP contribution in [0.25, 0.3) is 0 Å². The van der Waals surface area contributed by atoms with Gasteiger partial charge in [-0.3, -0.25) is 19.6 Å². The van der Waals surface area contributed by atoms with Crippen molar-refractivity contribution >= 4 is 42.0 Å². The molecule has 0 aliphatic carbocycles. The summed E-state index contributed by atoms with van der Waals surface area (Å²) < 4.78 is 11.9. The van der Waals surface area contributed by atoms with Gasteiger partial charge in [0.15, 0.2) is 0 Å². The van der Waals surface area contributed by atoms with Crippen molar-refractivity contribution in [3.8, 4) is 11.5 Å². The highest BCUT2D eigenvalue weighted by Gasteiger charge is 2.45. The zero-order valence-electron chi connectivity index (χ0n) is 30.4. The summed E-state index contributed by atoms with van der Waals surface area (Å²) >= 11 is 6.36. The first-order valence-electron chi connectivity index (χ1n) is 17.8. The van der Waals surface area contributed by atoms with Gasteiger partial charge in [0.1, 0.15) is 23.4 Å². The first-order valence-corrected chi connectivity index (χ1v) is 18.2. The maximum atomic E-state index is 14.9. The highest BCUT2D eigenvalue weighted by atomic mass is 35.5. The van der Waals surface area contributed by atoms with Crippen LogP contribution in [0.3, 0.4) is 0 Å². The predicted molar refractivity (Wildman–Crippen MR) is 207 cm³/mol. The van der Waals surface area contributed by atoms with Gasteiger partial charge in [-0.2, -0.15) is 0 Å². The zero-order valence-corrected chi connectivity index (χ0v) is 31.2. The number of aryl methyl sites for hydroxylation is 1. The van der Waals surface area contributed by atoms with Gasteiger partial charge in [0.25, 0.3) is 5.91 Å². The molecule has 0 spiro atoms. The van der Waals surface area contributed by atoms with Crippen molar-refractivity contribution in [1.29, 1.82) is 0 Å². The standard InChI is InChI=1S/C40H45BClN5O6/c1-26(2)53-35-25-33(52-4)17-18-34(35)38-44-36(28-7-5-27(3)6-8-28)37(29-11-15-32(42)16-12-29)47(38)40(49)46-23-21-45(22-24-46)20-19-43-39(48)30-9-13-31(14-10-30)41(50)51/h5-18,25-26,36-37,50-51H,19-24H2,1-4H3,(H,43,48)/t36-,37+/m0/s1. The van der Waals surface area contributed by atoms with Crippen molar-refractivity contribution in [2.24, 2.45) is 4.99 Å². The monoisotopic (exact) mass is 737 g/mol. The van der Waals surface area contributed by atoms with Gasteiger partial charge in [-0.05, 0) is 73.8 Å². The van der Waals surface area contributed by atoms with Crippen LogP contribution in [0.1, 0.15) is 58.5 Å². The van der Waals surface area contributed by atoms with Gasteiger partial charge in [0.2, 0.25) is 0 Å². The lowest BCUT2D eigenvalue weighted by Gasteiger charge is -2.39. The molecule has 1 saturated heterocycles. The van der Waals surface area contributed by atoms with Gasteiger partial charge in [0, 0.05) is 55.9 Å². The number of benzene rings is 4. The molecule has 276 valence electrons. The number of hydrogen-bond acceptors (Lipinski definition) is 8. The molecule has 1 fully saturated rings. The molecule has 13 heteroatoms. The summed E-state index contributed by atoms with van der Waals surface area (Å²) in [5.74, 6) is 1.49. The van der Waals surface area contributed by atoms with Crippen molar-refractivity contribution in [2.75, 3.05) is 46.4 Å². The molecule has 0 saturated carbocycles. The molecular weight excluding hydrogens is 693 g/mol. The number of halogens is 1. The first kappa shape index (κ1) is 37.9. The van der Waals surface area contributed by atoms with E-state index in [1.54, 1.807) is 19.2 Å². The molecule has 11 nitrogen and oxygen atoms in total. The van der Waals surface area contributed by atoms with E-state index in [2.05, 4.69) is 34.5 Å². The third kappa shape index (κ3) is 8.85. The Bertz CT molecular complexity index is 1920. The quantitative estimate of drug-likeness (QED) is 0.188. The Balaban J connectivity index is 1.25. The molecule has 2 aliphatic heterocycles. The molecule has 6 rings (SSSR count). The highest BCUT2D eigenvalue weighted by molar-refractivity contribution is 6.58. The Labute approximate surface area is 315 Å². The smallest absolute Gasteiger partial charge is 0.488 e. The van der Waals surface area contributed by atoms with Gasteiger partial charge in [0.05, 0.1) is 24.8 Å². The second-order valence-electron chi connectivity index (χ2n) is 13.6. The molecule has 2 atom stereocenters. The summed E-state index contributed by atoms with van der Waals surface area (Å²) in [7, 11) is 0.0255. The van der Waals surface area contributed by atoms with Crippen molar-refractivity contribution in [2.45, 2.75) is 39.0 Å². The van der Waals surface area contributed by atoms with Gasteiger partial charge in [-0.25, -0.2) is 4.79 Å². The molecule has 2 aliphatic rings. The van der Waals surface area contributed by atoms with Gasteiger partial charge < -0.3 is 29.7 Å². The summed E-state index contributed by atoms with van der Waals surface area (Å²) in [6.45, 7) is 9.23. The third-order valence-electron chi connectivity index (χ3n) is 9.52. The van der Waals surface area contributed by atoms with Crippen LogP contribution in [0.5, 0.6) is 11.5 Å². The zero-order chi connectivity index (χ0) is 37.6. The molecule has 0 radical (unpaired) electrons. The molecule has 3 amide bonds. The Morgan fingerprint density at radius 3 is 2.21 bits per heavy atom. The van der Waals surface area contributed by atoms with Crippen molar-refractivity contribution in [1.82, 2.24) is 20.0 Å². The fraction of sp³-hybridized carbons (Fsp3) is 0.325. The van der Waals surface area contributed by atoms with E-state index >= 15 is 0 Å². The van der Waals surface area contributed by atoms with Crippen LogP contribution in [0.2, 0.25) is 5.02 Å². The summed E-state index contributed by atoms with van der Waals surface area (Å²) in [6.07, 6.45) is -0.134. The Morgan fingerprint density at radius 1 is 0.925 bits per heavy atom. The van der Waals surface area contributed by atoms with Crippen LogP contribution >= 0.6 is 11.6 Å². The Morgan fingerprint density at radius 2 is 1.58 bits per heavy atom. The minimum atomic E-state index is -1.58. The molecule has 0 aromatic heterocycles. The molecule has 2 heterocycles. The van der Waals surface area contributed by atoms with Gasteiger partial charge >= 0.3 is 13.1 Å². The Kier molecular flexibility index (Phi) is 12.0. The van der Waals surface area contributed by atoms with Crippen LogP contribution in [-0.2, 0) is 0 Å². The number of nitrogens with one attached hydrogen (secondary N) is 1. The van der Waals surface area contributed by atoms with E-state index in [-0.39, 0.29) is 18.0 Å². The van der Waals surface area contributed by atoms with E-state index in [0.717, 1.165) is 16.7 Å². The molecular formula is C40H45BClN5O6. The second kappa shape index (κ2) is 16.9. The average Bonchev–Trinajstić information content (AvgIpc) is 3.55. The number of methoxy groups -OCH3 is 1. The number of hydrogen-bond donors (Lipinski definition) is 3. The number of amides is 3. The van der Waals surface area contributed by atoms with Crippen LogP contribution < -0.4 is 20.3 Å². The lowest BCUT2D eigenvalue weighted by atomic mass is 9.80. The summed E-state index contributed by atoms with van der Waals surface area (Å²) in [6, 6.07) is 26.6. The normalized spacial score (nSPS) is 17.5. The van der Waals surface area contributed by atoms with Gasteiger partial charge in [-0.1, -0.05) is 65.7 Å². The number of carbonyl (C=O) groups excluding carboxylic acids is 2. The number of ether oxygens (including phenoxy) is 2. The summed E-state index contributed by atoms with van der Waals surface area (Å²) in [5.41, 5.74) is 4.47. The maximum Gasteiger partial charge on any atom is 0.488 e. The van der Waals surface area contributed by atoms with Crippen LogP contribution in [-0.4, -0.2) is 102 Å². The third-order valence-corrected chi connectivity index (χ3v) is 9.78. The van der Waals surface area contributed by atoms with E-state index in [1.807, 2.05) is 73.0 Å². The van der Waals surface area contributed by atoms with Crippen molar-refractivity contribution < 1.29 is 29.1 Å². The number of amidine groups is 1. The van der Waals surface area contributed by atoms with E-state index in [1.165, 1.54) is 12.1 Å². The number of rotatable bonds is 11. The average molecular weight is 738 g/mol. The van der Waals surface area contributed by atoms with Crippen LogP contribution in [0.4, 0.5) is 4.79 Å². The topological polar surface area (TPSA) is 127 Å². The number of piperazine rings is 1. The molecule has 53 heavy (non-hydrogen) atoms. The fourth-order valence-corrected chi connectivity index (χ4v) is 6.80. The minimum absolute atomic E-state index is 0.134. The molecule has 4 aromatic rings.